The van der Waals surface area contributed by atoms with Gasteiger partial charge in [0, 0.05) is 18.7 Å². The Hall–Kier alpha value is -1.31. The van der Waals surface area contributed by atoms with E-state index >= 15 is 0 Å². The van der Waals surface area contributed by atoms with Crippen molar-refractivity contribution in [1.29, 1.82) is 0 Å². The van der Waals surface area contributed by atoms with Crippen molar-refractivity contribution >= 4 is 10.0 Å². The van der Waals surface area contributed by atoms with E-state index in [1.54, 1.807) is 13.0 Å². The zero-order valence-corrected chi connectivity index (χ0v) is 14.1. The summed E-state index contributed by atoms with van der Waals surface area (Å²) in [5.41, 5.74) is 0.631. The molecule has 22 heavy (non-hydrogen) atoms. The van der Waals surface area contributed by atoms with Crippen LogP contribution < -0.4 is 19.5 Å². The monoisotopic (exact) mass is 328 g/mol. The highest BCUT2D eigenvalue weighted by molar-refractivity contribution is 7.89. The minimum Gasteiger partial charge on any atom is -0.493 e. The Bertz CT molecular complexity index is 608. The van der Waals surface area contributed by atoms with Gasteiger partial charge in [-0.1, -0.05) is 6.42 Å². The second-order valence-electron chi connectivity index (χ2n) is 5.49. The average Bonchev–Trinajstić information content (AvgIpc) is 2.74. The van der Waals surface area contributed by atoms with E-state index in [9.17, 15) is 8.42 Å². The third-order valence-electron chi connectivity index (χ3n) is 3.84. The zero-order chi connectivity index (χ0) is 16.2. The number of hydrogen-bond acceptors (Lipinski definition) is 5. The van der Waals surface area contributed by atoms with E-state index < -0.39 is 10.0 Å². The van der Waals surface area contributed by atoms with E-state index in [2.05, 4.69) is 10.0 Å². The molecule has 1 atom stereocenters. The first-order valence-electron chi connectivity index (χ1n) is 7.43. The van der Waals surface area contributed by atoms with E-state index in [1.807, 2.05) is 0 Å². The first-order valence-corrected chi connectivity index (χ1v) is 8.92. The van der Waals surface area contributed by atoms with Crippen LogP contribution in [0.25, 0.3) is 0 Å². The Balaban J connectivity index is 2.28. The van der Waals surface area contributed by atoms with Crippen molar-refractivity contribution in [2.24, 2.45) is 0 Å². The number of aryl methyl sites for hydroxylation is 1. The largest absolute Gasteiger partial charge is 0.493 e. The summed E-state index contributed by atoms with van der Waals surface area (Å²) in [6.07, 6.45) is 2.94. The SMILES string of the molecule is COc1cc(C)c(S(=O)(=O)NC2CCCCNC2)cc1OC. The van der Waals surface area contributed by atoms with Crippen LogP contribution in [-0.2, 0) is 10.0 Å². The summed E-state index contributed by atoms with van der Waals surface area (Å²) in [5.74, 6) is 0.933. The van der Waals surface area contributed by atoms with Gasteiger partial charge in [-0.15, -0.1) is 0 Å². The predicted octanol–water partition coefficient (Wildman–Crippen LogP) is 1.43. The van der Waals surface area contributed by atoms with E-state index in [1.165, 1.54) is 20.3 Å². The Morgan fingerprint density at radius 1 is 1.18 bits per heavy atom. The molecule has 6 nitrogen and oxygen atoms in total. The normalized spacial score (nSPS) is 19.5. The van der Waals surface area contributed by atoms with Crippen LogP contribution >= 0.6 is 0 Å². The van der Waals surface area contributed by atoms with Gasteiger partial charge in [-0.05, 0) is 37.9 Å². The van der Waals surface area contributed by atoms with Crippen molar-refractivity contribution in [3.05, 3.63) is 17.7 Å². The summed E-state index contributed by atoms with van der Waals surface area (Å²) in [4.78, 5) is 0.231. The zero-order valence-electron chi connectivity index (χ0n) is 13.3. The summed E-state index contributed by atoms with van der Waals surface area (Å²) in [6.45, 7) is 3.35. The molecule has 0 saturated carbocycles. The van der Waals surface area contributed by atoms with Gasteiger partial charge in [-0.2, -0.15) is 0 Å². The molecule has 0 aliphatic carbocycles. The van der Waals surface area contributed by atoms with Crippen molar-refractivity contribution in [1.82, 2.24) is 10.0 Å². The molecule has 0 aromatic heterocycles. The topological polar surface area (TPSA) is 76.7 Å². The Kier molecular flexibility index (Phi) is 5.66. The molecule has 0 radical (unpaired) electrons. The molecule has 2 N–H and O–H groups in total. The molecule has 124 valence electrons. The summed E-state index contributed by atoms with van der Waals surface area (Å²) < 4.78 is 38.5. The fraction of sp³-hybridized carbons (Fsp3) is 0.600. The highest BCUT2D eigenvalue weighted by Gasteiger charge is 2.24. The molecular weight excluding hydrogens is 304 g/mol. The van der Waals surface area contributed by atoms with Crippen molar-refractivity contribution in [3.63, 3.8) is 0 Å². The summed E-state index contributed by atoms with van der Waals surface area (Å²) in [7, 11) is -0.569. The fourth-order valence-electron chi connectivity index (χ4n) is 2.65. The lowest BCUT2D eigenvalue weighted by atomic mass is 10.2. The molecule has 0 spiro atoms. The van der Waals surface area contributed by atoms with Crippen molar-refractivity contribution in [2.45, 2.75) is 37.1 Å². The third-order valence-corrected chi connectivity index (χ3v) is 5.50. The van der Waals surface area contributed by atoms with Gasteiger partial charge in [-0.3, -0.25) is 0 Å². The second-order valence-corrected chi connectivity index (χ2v) is 7.17. The van der Waals surface area contributed by atoms with Crippen LogP contribution in [0, 0.1) is 6.92 Å². The van der Waals surface area contributed by atoms with E-state index in [0.717, 1.165) is 25.8 Å². The molecule has 1 heterocycles. The maximum atomic E-state index is 12.7. The van der Waals surface area contributed by atoms with Crippen molar-refractivity contribution in [3.8, 4) is 11.5 Å². The van der Waals surface area contributed by atoms with Crippen molar-refractivity contribution < 1.29 is 17.9 Å². The molecule has 1 unspecified atom stereocenters. The molecule has 1 aliphatic heterocycles. The number of benzene rings is 1. The lowest BCUT2D eigenvalue weighted by Crippen LogP contribution is -2.40. The number of rotatable bonds is 5. The predicted molar refractivity (Wildman–Crippen MR) is 85.1 cm³/mol. The van der Waals surface area contributed by atoms with E-state index in [-0.39, 0.29) is 10.9 Å². The molecule has 2 rings (SSSR count). The summed E-state index contributed by atoms with van der Waals surface area (Å²) >= 11 is 0. The number of nitrogens with one attached hydrogen (secondary N) is 2. The minimum absolute atomic E-state index is 0.0833. The number of sulfonamides is 1. The average molecular weight is 328 g/mol. The number of ether oxygens (including phenoxy) is 2. The van der Waals surface area contributed by atoms with Gasteiger partial charge in [-0.25, -0.2) is 13.1 Å². The summed E-state index contributed by atoms with van der Waals surface area (Å²) in [5, 5.41) is 3.26. The molecule has 7 heteroatoms. The second kappa shape index (κ2) is 7.30. The quantitative estimate of drug-likeness (QED) is 0.855. The molecule has 1 fully saturated rings. The van der Waals surface area contributed by atoms with Gasteiger partial charge < -0.3 is 14.8 Å². The Morgan fingerprint density at radius 2 is 1.86 bits per heavy atom. The van der Waals surface area contributed by atoms with Gasteiger partial charge in [0.25, 0.3) is 0 Å². The van der Waals surface area contributed by atoms with Crippen LogP contribution in [0.1, 0.15) is 24.8 Å². The van der Waals surface area contributed by atoms with Gasteiger partial charge >= 0.3 is 0 Å². The van der Waals surface area contributed by atoms with Gasteiger partial charge in [0.05, 0.1) is 19.1 Å². The lowest BCUT2D eigenvalue weighted by Gasteiger charge is -2.18. The third kappa shape index (κ3) is 3.91. The standard InChI is InChI=1S/C15H24N2O4S/c1-11-8-13(20-2)14(21-3)9-15(11)22(18,19)17-12-6-4-5-7-16-10-12/h8-9,12,16-17H,4-7,10H2,1-3H3. The maximum absolute atomic E-state index is 12.7. The molecule has 0 bridgehead atoms. The maximum Gasteiger partial charge on any atom is 0.241 e. The Labute approximate surface area is 132 Å². The summed E-state index contributed by atoms with van der Waals surface area (Å²) in [6, 6.07) is 3.11. The van der Waals surface area contributed by atoms with Crippen LogP contribution in [0.3, 0.4) is 0 Å². The molecule has 1 aliphatic rings. The highest BCUT2D eigenvalue weighted by Crippen LogP contribution is 2.32. The first-order chi connectivity index (χ1) is 10.5. The van der Waals surface area contributed by atoms with Crippen LogP contribution in [0.2, 0.25) is 0 Å². The fourth-order valence-corrected chi connectivity index (χ4v) is 4.17. The molecular formula is C15H24N2O4S. The minimum atomic E-state index is -3.59. The molecule has 0 amide bonds. The highest BCUT2D eigenvalue weighted by atomic mass is 32.2. The lowest BCUT2D eigenvalue weighted by molar-refractivity contribution is 0.353. The van der Waals surface area contributed by atoms with Gasteiger partial charge in [0.2, 0.25) is 10.0 Å². The van der Waals surface area contributed by atoms with E-state index in [4.69, 9.17) is 9.47 Å². The van der Waals surface area contributed by atoms with Crippen LogP contribution in [0.4, 0.5) is 0 Å². The van der Waals surface area contributed by atoms with Gasteiger partial charge in [0.15, 0.2) is 11.5 Å². The number of hydrogen-bond donors (Lipinski definition) is 2. The smallest absolute Gasteiger partial charge is 0.241 e. The van der Waals surface area contributed by atoms with E-state index in [0.29, 0.717) is 23.6 Å². The van der Waals surface area contributed by atoms with Crippen molar-refractivity contribution in [2.75, 3.05) is 27.3 Å². The molecule has 1 aromatic carbocycles. The number of methoxy groups -OCH3 is 2. The van der Waals surface area contributed by atoms with Crippen LogP contribution in [0.5, 0.6) is 11.5 Å². The van der Waals surface area contributed by atoms with Crippen LogP contribution in [0.15, 0.2) is 17.0 Å². The van der Waals surface area contributed by atoms with Gasteiger partial charge in [0.1, 0.15) is 0 Å². The Morgan fingerprint density at radius 3 is 2.55 bits per heavy atom. The molecule has 1 saturated heterocycles. The molecule has 1 aromatic rings. The van der Waals surface area contributed by atoms with Crippen LogP contribution in [-0.4, -0.2) is 41.8 Å². The first kappa shape index (κ1) is 17.1.